The van der Waals surface area contributed by atoms with E-state index in [1.165, 1.54) is 11.0 Å². The predicted octanol–water partition coefficient (Wildman–Crippen LogP) is 1.89. The summed E-state index contributed by atoms with van der Waals surface area (Å²) in [6.07, 6.45) is 0.729. The van der Waals surface area contributed by atoms with Crippen molar-refractivity contribution in [1.82, 2.24) is 4.90 Å². The van der Waals surface area contributed by atoms with Crippen LogP contribution in [0.5, 0.6) is 11.5 Å². The Labute approximate surface area is 132 Å². The Hall–Kier alpha value is -2.96. The molecule has 7 nitrogen and oxygen atoms in total. The molecule has 7 heteroatoms. The molecule has 2 aromatic rings. The zero-order chi connectivity index (χ0) is 16.4. The van der Waals surface area contributed by atoms with Crippen LogP contribution < -0.4 is 9.47 Å². The molecule has 1 N–H and O–H groups in total. The van der Waals surface area contributed by atoms with Gasteiger partial charge in [0.2, 0.25) is 0 Å². The molecule has 23 heavy (non-hydrogen) atoms. The summed E-state index contributed by atoms with van der Waals surface area (Å²) in [5.74, 6) is -0.274. The minimum Gasteiger partial charge on any atom is -0.486 e. The summed E-state index contributed by atoms with van der Waals surface area (Å²) in [4.78, 5) is 24.5. The monoisotopic (exact) mass is 317 g/mol. The fourth-order valence-corrected chi connectivity index (χ4v) is 2.29. The van der Waals surface area contributed by atoms with Crippen LogP contribution in [0.25, 0.3) is 0 Å². The number of carboxylic acids is 1. The van der Waals surface area contributed by atoms with Crippen molar-refractivity contribution in [2.75, 3.05) is 20.2 Å². The van der Waals surface area contributed by atoms with Crippen molar-refractivity contribution in [3.63, 3.8) is 0 Å². The van der Waals surface area contributed by atoms with Crippen LogP contribution in [0.3, 0.4) is 0 Å². The van der Waals surface area contributed by atoms with Gasteiger partial charge in [0.1, 0.15) is 12.9 Å². The number of ether oxygens (including phenoxy) is 2. The second-order valence-corrected chi connectivity index (χ2v) is 5.19. The molecule has 0 fully saturated rings. The molecule has 2 heterocycles. The number of benzene rings is 1. The van der Waals surface area contributed by atoms with Gasteiger partial charge >= 0.3 is 5.97 Å². The summed E-state index contributed by atoms with van der Waals surface area (Å²) in [6, 6.07) is 8.52. The smallest absolute Gasteiger partial charge is 0.338 e. The van der Waals surface area contributed by atoms with E-state index in [2.05, 4.69) is 0 Å². The number of rotatable bonds is 4. The summed E-state index contributed by atoms with van der Waals surface area (Å²) in [5.41, 5.74) is -0.0621. The lowest BCUT2D eigenvalue weighted by molar-refractivity contribution is 0.0502. The van der Waals surface area contributed by atoms with Gasteiger partial charge in [-0.2, -0.15) is 0 Å². The molecule has 1 atom stereocenters. The maximum atomic E-state index is 12.2. The Morgan fingerprint density at radius 3 is 2.74 bits per heavy atom. The number of nitrogens with zero attached hydrogens (tertiary/aromatic N) is 1. The van der Waals surface area contributed by atoms with Crippen LogP contribution in [0.1, 0.15) is 20.9 Å². The van der Waals surface area contributed by atoms with E-state index in [4.69, 9.17) is 19.0 Å². The highest BCUT2D eigenvalue weighted by Gasteiger charge is 2.25. The highest BCUT2D eigenvalue weighted by atomic mass is 16.6. The SMILES string of the molecule is CN(CC1COc2ccccc2O1)C(=O)c1cc(C(=O)O)co1. The third kappa shape index (κ3) is 3.13. The van der Waals surface area contributed by atoms with Gasteiger partial charge in [-0.15, -0.1) is 0 Å². The van der Waals surface area contributed by atoms with Crippen molar-refractivity contribution < 1.29 is 28.6 Å². The average molecular weight is 317 g/mol. The first-order valence-electron chi connectivity index (χ1n) is 7.00. The fraction of sp³-hybridized carbons (Fsp3) is 0.250. The largest absolute Gasteiger partial charge is 0.486 e. The molecular weight excluding hydrogens is 302 g/mol. The van der Waals surface area contributed by atoms with E-state index in [0.29, 0.717) is 18.1 Å². The van der Waals surface area contributed by atoms with Crippen molar-refractivity contribution in [2.24, 2.45) is 0 Å². The summed E-state index contributed by atoms with van der Waals surface area (Å²) >= 11 is 0. The zero-order valence-electron chi connectivity index (χ0n) is 12.4. The number of amides is 1. The maximum absolute atomic E-state index is 12.2. The summed E-state index contributed by atoms with van der Waals surface area (Å²) < 4.78 is 16.4. The van der Waals surface area contributed by atoms with Crippen LogP contribution in [0.15, 0.2) is 41.0 Å². The van der Waals surface area contributed by atoms with Crippen molar-refractivity contribution in [2.45, 2.75) is 6.10 Å². The van der Waals surface area contributed by atoms with Gasteiger partial charge in [-0.05, 0) is 12.1 Å². The molecule has 0 aliphatic carbocycles. The summed E-state index contributed by atoms with van der Waals surface area (Å²) in [5, 5.41) is 8.85. The molecule has 3 rings (SSSR count). The molecule has 1 unspecified atom stereocenters. The first-order chi connectivity index (χ1) is 11.0. The van der Waals surface area contributed by atoms with Crippen molar-refractivity contribution in [1.29, 1.82) is 0 Å². The lowest BCUT2D eigenvalue weighted by Crippen LogP contribution is -2.41. The first kappa shape index (κ1) is 15.0. The Kier molecular flexibility index (Phi) is 3.92. The lowest BCUT2D eigenvalue weighted by atomic mass is 10.2. The Bertz CT molecular complexity index is 738. The van der Waals surface area contributed by atoms with Crippen LogP contribution in [-0.4, -0.2) is 48.2 Å². The second-order valence-electron chi connectivity index (χ2n) is 5.19. The van der Waals surface area contributed by atoms with Gasteiger partial charge in [0.15, 0.2) is 23.4 Å². The van der Waals surface area contributed by atoms with Crippen molar-refractivity contribution in [3.05, 3.63) is 47.9 Å². The second kappa shape index (κ2) is 6.04. The van der Waals surface area contributed by atoms with Gasteiger partial charge in [0, 0.05) is 13.1 Å². The molecule has 1 amide bonds. The fourth-order valence-electron chi connectivity index (χ4n) is 2.29. The number of para-hydroxylation sites is 2. The van der Waals surface area contributed by atoms with Crippen molar-refractivity contribution >= 4 is 11.9 Å². The predicted molar refractivity (Wildman–Crippen MR) is 79.0 cm³/mol. The van der Waals surface area contributed by atoms with E-state index in [1.54, 1.807) is 13.1 Å². The standard InChI is InChI=1S/C16H15NO6/c1-17(15(18)14-6-10(8-21-14)16(19)20)7-11-9-22-12-4-2-3-5-13(12)23-11/h2-6,8,11H,7,9H2,1H3,(H,19,20). The summed E-state index contributed by atoms with van der Waals surface area (Å²) in [7, 11) is 1.59. The molecule has 1 aromatic heterocycles. The Balaban J connectivity index is 1.64. The number of fused-ring (bicyclic) bond motifs is 1. The quantitative estimate of drug-likeness (QED) is 0.926. The molecular formula is C16H15NO6. The van der Waals surface area contributed by atoms with Crippen LogP contribution in [-0.2, 0) is 0 Å². The number of carbonyl (C=O) groups is 2. The normalized spacial score (nSPS) is 16.0. The number of aromatic carboxylic acids is 1. The van der Waals surface area contributed by atoms with E-state index < -0.39 is 11.9 Å². The van der Waals surface area contributed by atoms with Gasteiger partial charge in [0.25, 0.3) is 5.91 Å². The summed E-state index contributed by atoms with van der Waals surface area (Å²) in [6.45, 7) is 0.615. The van der Waals surface area contributed by atoms with E-state index in [1.807, 2.05) is 18.2 Å². The molecule has 0 radical (unpaired) electrons. The Morgan fingerprint density at radius 1 is 1.30 bits per heavy atom. The van der Waals surface area contributed by atoms with Crippen LogP contribution in [0.4, 0.5) is 0 Å². The van der Waals surface area contributed by atoms with Gasteiger partial charge in [-0.25, -0.2) is 4.79 Å². The molecule has 0 bridgehead atoms. The minimum atomic E-state index is -1.14. The highest BCUT2D eigenvalue weighted by molar-refractivity contribution is 5.95. The number of carbonyl (C=O) groups excluding carboxylic acids is 1. The number of carboxylic acid groups (broad SMARTS) is 1. The zero-order valence-corrected chi connectivity index (χ0v) is 12.4. The van der Waals surface area contributed by atoms with E-state index >= 15 is 0 Å². The van der Waals surface area contributed by atoms with Crippen LogP contribution in [0, 0.1) is 0 Å². The molecule has 0 spiro atoms. The molecule has 0 saturated heterocycles. The van der Waals surface area contributed by atoms with E-state index in [-0.39, 0.29) is 24.0 Å². The van der Waals surface area contributed by atoms with E-state index in [9.17, 15) is 9.59 Å². The third-order valence-corrected chi connectivity index (χ3v) is 3.45. The lowest BCUT2D eigenvalue weighted by Gasteiger charge is -2.29. The molecule has 1 aromatic carbocycles. The minimum absolute atomic E-state index is 0.0259. The topological polar surface area (TPSA) is 89.2 Å². The van der Waals surface area contributed by atoms with Crippen LogP contribution >= 0.6 is 0 Å². The first-order valence-corrected chi connectivity index (χ1v) is 7.00. The van der Waals surface area contributed by atoms with Gasteiger partial charge in [-0.1, -0.05) is 12.1 Å². The molecule has 1 aliphatic heterocycles. The maximum Gasteiger partial charge on any atom is 0.338 e. The number of furan rings is 1. The van der Waals surface area contributed by atoms with Crippen molar-refractivity contribution in [3.8, 4) is 11.5 Å². The van der Waals surface area contributed by atoms with Gasteiger partial charge in [0.05, 0.1) is 12.1 Å². The molecule has 1 aliphatic rings. The third-order valence-electron chi connectivity index (χ3n) is 3.45. The Morgan fingerprint density at radius 2 is 2.04 bits per heavy atom. The number of hydrogen-bond donors (Lipinski definition) is 1. The number of hydrogen-bond acceptors (Lipinski definition) is 5. The van der Waals surface area contributed by atoms with E-state index in [0.717, 1.165) is 6.26 Å². The average Bonchev–Trinajstić information content (AvgIpc) is 3.04. The molecule has 120 valence electrons. The number of likely N-dealkylation sites (N-methyl/N-ethyl adjacent to an activating group) is 1. The molecule has 0 saturated carbocycles. The van der Waals surface area contributed by atoms with Gasteiger partial charge in [-0.3, -0.25) is 4.79 Å². The highest BCUT2D eigenvalue weighted by Crippen LogP contribution is 2.31. The van der Waals surface area contributed by atoms with Crippen LogP contribution in [0.2, 0.25) is 0 Å². The van der Waals surface area contributed by atoms with Gasteiger partial charge < -0.3 is 23.9 Å².